The number of hydrogen-bond acceptors (Lipinski definition) is 5. The van der Waals surface area contributed by atoms with Gasteiger partial charge in [0, 0.05) is 14.0 Å². The highest BCUT2D eigenvalue weighted by Crippen LogP contribution is 1.93. The van der Waals surface area contributed by atoms with Crippen molar-refractivity contribution in [2.24, 2.45) is 0 Å². The average Bonchev–Trinajstić information content (AvgIpc) is 2.49. The molecule has 0 aliphatic rings. The van der Waals surface area contributed by atoms with Gasteiger partial charge in [0.25, 0.3) is 0 Å². The van der Waals surface area contributed by atoms with Gasteiger partial charge in [-0.3, -0.25) is 4.79 Å². The normalized spacial score (nSPS) is 10.0. The minimum absolute atomic E-state index is 0.0385. The Morgan fingerprint density at radius 3 is 3.00 bits per heavy atom. The Bertz CT molecular complexity index is 284. The summed E-state index contributed by atoms with van der Waals surface area (Å²) in [5.41, 5.74) is 0. The summed E-state index contributed by atoms with van der Waals surface area (Å²) >= 11 is 0. The molecular weight excluding hydrogens is 174 g/mol. The number of amides is 1. The fourth-order valence-electron chi connectivity index (χ4n) is 0.773. The van der Waals surface area contributed by atoms with Gasteiger partial charge in [0.05, 0.1) is 6.54 Å². The van der Waals surface area contributed by atoms with Crippen LogP contribution >= 0.6 is 0 Å². The number of ether oxygens (including phenoxy) is 1. The van der Waals surface area contributed by atoms with Gasteiger partial charge in [-0.2, -0.15) is 4.98 Å². The molecule has 1 amide bonds. The van der Waals surface area contributed by atoms with Gasteiger partial charge in [-0.25, -0.2) is 0 Å². The molecular formula is C7H11N3O3. The molecule has 1 rings (SSSR count). The second-order valence-electron chi connectivity index (χ2n) is 2.44. The first kappa shape index (κ1) is 9.66. The number of rotatable bonds is 4. The minimum Gasteiger partial charge on any atom is -0.375 e. The van der Waals surface area contributed by atoms with E-state index in [2.05, 4.69) is 20.2 Å². The summed E-state index contributed by atoms with van der Waals surface area (Å²) in [6.45, 7) is 1.99. The van der Waals surface area contributed by atoms with Crippen molar-refractivity contribution in [1.82, 2.24) is 15.5 Å². The number of nitrogens with one attached hydrogen (secondary N) is 1. The van der Waals surface area contributed by atoms with Crippen molar-refractivity contribution < 1.29 is 14.1 Å². The molecule has 0 aromatic carbocycles. The second-order valence-corrected chi connectivity index (χ2v) is 2.44. The number of aromatic nitrogens is 2. The molecule has 0 atom stereocenters. The van der Waals surface area contributed by atoms with Crippen molar-refractivity contribution >= 4 is 5.91 Å². The molecule has 1 aromatic rings. The summed E-state index contributed by atoms with van der Waals surface area (Å²) in [7, 11) is 1.46. The second kappa shape index (κ2) is 4.56. The van der Waals surface area contributed by atoms with E-state index in [1.807, 2.05) is 0 Å². The van der Waals surface area contributed by atoms with Crippen LogP contribution in [-0.4, -0.2) is 29.8 Å². The van der Waals surface area contributed by atoms with E-state index in [0.717, 1.165) is 0 Å². The third kappa shape index (κ3) is 3.20. The maximum atomic E-state index is 10.9. The Morgan fingerprint density at radius 1 is 1.69 bits per heavy atom. The lowest BCUT2D eigenvalue weighted by Crippen LogP contribution is -2.26. The van der Waals surface area contributed by atoms with Crippen LogP contribution in [0.2, 0.25) is 0 Å². The fraction of sp³-hybridized carbons (Fsp3) is 0.571. The first-order valence-corrected chi connectivity index (χ1v) is 3.77. The average molecular weight is 185 g/mol. The van der Waals surface area contributed by atoms with E-state index >= 15 is 0 Å². The quantitative estimate of drug-likeness (QED) is 0.693. The molecule has 13 heavy (non-hydrogen) atoms. The number of carbonyl (C=O) groups is 1. The van der Waals surface area contributed by atoms with Gasteiger partial charge < -0.3 is 14.6 Å². The number of carbonyl (C=O) groups excluding carboxylic acids is 1. The summed E-state index contributed by atoms with van der Waals surface area (Å²) in [6.07, 6.45) is 0. The van der Waals surface area contributed by atoms with Crippen LogP contribution < -0.4 is 5.32 Å². The number of aryl methyl sites for hydroxylation is 1. The van der Waals surface area contributed by atoms with Crippen LogP contribution in [0.1, 0.15) is 11.7 Å². The topological polar surface area (TPSA) is 77.2 Å². The fourth-order valence-corrected chi connectivity index (χ4v) is 0.773. The molecule has 72 valence electrons. The predicted molar refractivity (Wildman–Crippen MR) is 42.8 cm³/mol. The van der Waals surface area contributed by atoms with Crippen LogP contribution in [0.5, 0.6) is 0 Å². The Kier molecular flexibility index (Phi) is 3.39. The molecule has 6 heteroatoms. The van der Waals surface area contributed by atoms with E-state index in [-0.39, 0.29) is 19.1 Å². The highest BCUT2D eigenvalue weighted by atomic mass is 16.5. The van der Waals surface area contributed by atoms with Gasteiger partial charge in [0.1, 0.15) is 6.61 Å². The van der Waals surface area contributed by atoms with Gasteiger partial charge >= 0.3 is 0 Å². The monoisotopic (exact) mass is 185 g/mol. The molecule has 0 aliphatic heterocycles. The Balaban J connectivity index is 2.30. The van der Waals surface area contributed by atoms with E-state index in [9.17, 15) is 4.79 Å². The standard InChI is InChI=1S/C7H11N3O3/c1-5-9-6(10-13-5)3-8-7(11)4-12-2/h3-4H2,1-2H3,(H,8,11). The lowest BCUT2D eigenvalue weighted by atomic mass is 10.5. The minimum atomic E-state index is -0.204. The van der Waals surface area contributed by atoms with E-state index in [0.29, 0.717) is 11.7 Å². The maximum Gasteiger partial charge on any atom is 0.246 e. The highest BCUT2D eigenvalue weighted by Gasteiger charge is 2.04. The predicted octanol–water partition coefficient (Wildman–Crippen LogP) is -0.359. The summed E-state index contributed by atoms with van der Waals surface area (Å²) in [6, 6.07) is 0. The Hall–Kier alpha value is -1.43. The van der Waals surface area contributed by atoms with Crippen molar-refractivity contribution in [3.8, 4) is 0 Å². The lowest BCUT2D eigenvalue weighted by Gasteiger charge is -1.99. The van der Waals surface area contributed by atoms with Gasteiger partial charge in [-0.1, -0.05) is 5.16 Å². The maximum absolute atomic E-state index is 10.9. The zero-order chi connectivity index (χ0) is 9.68. The zero-order valence-corrected chi connectivity index (χ0v) is 7.53. The van der Waals surface area contributed by atoms with E-state index in [1.165, 1.54) is 7.11 Å². The molecule has 0 aliphatic carbocycles. The molecule has 0 saturated heterocycles. The SMILES string of the molecule is COCC(=O)NCc1noc(C)n1. The van der Waals surface area contributed by atoms with Crippen LogP contribution in [0.25, 0.3) is 0 Å². The highest BCUT2D eigenvalue weighted by molar-refractivity contribution is 5.76. The van der Waals surface area contributed by atoms with Crippen LogP contribution in [0, 0.1) is 6.92 Å². The number of methoxy groups -OCH3 is 1. The Labute approximate surface area is 75.3 Å². The number of hydrogen-bond donors (Lipinski definition) is 1. The summed E-state index contributed by atoms with van der Waals surface area (Å²) in [5, 5.41) is 6.17. The molecule has 0 radical (unpaired) electrons. The van der Waals surface area contributed by atoms with E-state index in [4.69, 9.17) is 4.52 Å². The van der Waals surface area contributed by atoms with Crippen LogP contribution in [0.15, 0.2) is 4.52 Å². The molecule has 0 unspecified atom stereocenters. The molecule has 0 spiro atoms. The largest absolute Gasteiger partial charge is 0.375 e. The van der Waals surface area contributed by atoms with Crippen molar-refractivity contribution in [3.05, 3.63) is 11.7 Å². The summed E-state index contributed by atoms with van der Waals surface area (Å²) < 4.78 is 9.33. The van der Waals surface area contributed by atoms with E-state index < -0.39 is 0 Å². The molecule has 1 heterocycles. The van der Waals surface area contributed by atoms with Crippen LogP contribution in [0.3, 0.4) is 0 Å². The molecule has 0 saturated carbocycles. The van der Waals surface area contributed by atoms with E-state index in [1.54, 1.807) is 6.92 Å². The van der Waals surface area contributed by atoms with Gasteiger partial charge in [-0.05, 0) is 0 Å². The molecule has 1 N–H and O–H groups in total. The third-order valence-corrected chi connectivity index (χ3v) is 1.29. The van der Waals surface area contributed by atoms with Gasteiger partial charge in [0.2, 0.25) is 11.8 Å². The molecule has 6 nitrogen and oxygen atoms in total. The molecule has 0 fully saturated rings. The molecule has 0 bridgehead atoms. The van der Waals surface area contributed by atoms with Crippen molar-refractivity contribution in [1.29, 1.82) is 0 Å². The summed E-state index contributed by atoms with van der Waals surface area (Å²) in [4.78, 5) is 14.8. The van der Waals surface area contributed by atoms with Crippen molar-refractivity contribution in [2.75, 3.05) is 13.7 Å². The Morgan fingerprint density at radius 2 is 2.46 bits per heavy atom. The zero-order valence-electron chi connectivity index (χ0n) is 7.53. The van der Waals surface area contributed by atoms with Gasteiger partial charge in [-0.15, -0.1) is 0 Å². The van der Waals surface area contributed by atoms with Crippen molar-refractivity contribution in [2.45, 2.75) is 13.5 Å². The lowest BCUT2D eigenvalue weighted by molar-refractivity contribution is -0.124. The number of nitrogens with zero attached hydrogens (tertiary/aromatic N) is 2. The van der Waals surface area contributed by atoms with Gasteiger partial charge in [0.15, 0.2) is 5.82 Å². The third-order valence-electron chi connectivity index (χ3n) is 1.29. The van der Waals surface area contributed by atoms with Crippen LogP contribution in [0.4, 0.5) is 0 Å². The first-order chi connectivity index (χ1) is 6.22. The summed E-state index contributed by atoms with van der Waals surface area (Å²) in [5.74, 6) is 0.739. The molecule has 1 aromatic heterocycles. The van der Waals surface area contributed by atoms with Crippen LogP contribution in [-0.2, 0) is 16.1 Å². The van der Waals surface area contributed by atoms with Crippen molar-refractivity contribution in [3.63, 3.8) is 0 Å². The smallest absolute Gasteiger partial charge is 0.246 e. The first-order valence-electron chi connectivity index (χ1n) is 3.77.